The van der Waals surface area contributed by atoms with Crippen LogP contribution < -0.4 is 0 Å². The Morgan fingerprint density at radius 3 is 0.740 bits per heavy atom. The number of aliphatic hydroxyl groups excluding tert-OH is 1. The zero-order chi connectivity index (χ0) is 71.0. The van der Waals surface area contributed by atoms with Crippen molar-refractivity contribution in [2.75, 3.05) is 39.6 Å². The molecular formula is C77H150O17P2. The Kier molecular flexibility index (Phi) is 65.0. The van der Waals surface area contributed by atoms with E-state index in [1.54, 1.807) is 0 Å². The zero-order valence-electron chi connectivity index (χ0n) is 63.0. The molecule has 19 heteroatoms. The van der Waals surface area contributed by atoms with Crippen LogP contribution in [0.3, 0.4) is 0 Å². The Labute approximate surface area is 588 Å². The molecule has 0 saturated carbocycles. The number of carbonyl (C=O) groups excluding carboxylic acids is 4. The highest BCUT2D eigenvalue weighted by Crippen LogP contribution is 2.45. The second kappa shape index (κ2) is 66.3. The van der Waals surface area contributed by atoms with Crippen molar-refractivity contribution < 1.29 is 80.2 Å². The first-order chi connectivity index (χ1) is 46.1. The van der Waals surface area contributed by atoms with Crippen LogP contribution >= 0.6 is 15.6 Å². The number of hydrogen-bond acceptors (Lipinski definition) is 15. The lowest BCUT2D eigenvalue weighted by atomic mass is 9.99. The highest BCUT2D eigenvalue weighted by atomic mass is 31.2. The van der Waals surface area contributed by atoms with Gasteiger partial charge in [-0.2, -0.15) is 0 Å². The molecule has 3 N–H and O–H groups in total. The number of carbonyl (C=O) groups is 4. The van der Waals surface area contributed by atoms with Crippen molar-refractivity contribution in [3.05, 3.63) is 0 Å². The minimum absolute atomic E-state index is 0.103. The van der Waals surface area contributed by atoms with Crippen molar-refractivity contribution >= 4 is 39.5 Å². The molecule has 0 aliphatic rings. The molecule has 96 heavy (non-hydrogen) atoms. The van der Waals surface area contributed by atoms with E-state index in [1.807, 2.05) is 0 Å². The van der Waals surface area contributed by atoms with E-state index in [-0.39, 0.29) is 25.7 Å². The van der Waals surface area contributed by atoms with Crippen molar-refractivity contribution in [1.29, 1.82) is 0 Å². The number of rotatable bonds is 74. The molecule has 0 aromatic heterocycles. The molecule has 0 heterocycles. The molecule has 0 spiro atoms. The quantitative estimate of drug-likeness (QED) is 0.0222. The van der Waals surface area contributed by atoms with Gasteiger partial charge >= 0.3 is 39.5 Å². The molecular weight excluding hydrogens is 1260 g/mol. The summed E-state index contributed by atoms with van der Waals surface area (Å²) < 4.78 is 68.5. The standard InChI is InChI=1S/C77H150O17P2/c1-9-70(8)56-48-40-31-24-20-16-14-12-10-11-13-15-17-21-25-32-41-49-57-74(79)87-63-72(93-76(81)59-51-43-33-26-22-18-19-23-29-37-45-53-67(2)3)65-91-95(83,84)89-61-71(78)62-90-96(85,86)92-66-73(64-88-75(80)58-50-42-36-35-39-47-55-69(6)7)94-77(82)60-52-44-34-28-27-30-38-46-54-68(4)5/h67-73,78H,9-66H2,1-8H3,(H,83,84)(H,85,86)/t70?,71-,72-,73-/m1/s1. The van der Waals surface area contributed by atoms with E-state index in [2.05, 4.69) is 55.4 Å². The summed E-state index contributed by atoms with van der Waals surface area (Å²) in [5.74, 6) is 0.912. The molecule has 0 saturated heterocycles. The average molecular weight is 1410 g/mol. The first-order valence-corrected chi connectivity index (χ1v) is 42.7. The van der Waals surface area contributed by atoms with Crippen molar-refractivity contribution in [2.45, 2.75) is 408 Å². The number of hydrogen-bond donors (Lipinski definition) is 3. The molecule has 570 valence electrons. The predicted octanol–water partition coefficient (Wildman–Crippen LogP) is 22.4. The van der Waals surface area contributed by atoms with E-state index < -0.39 is 97.5 Å². The van der Waals surface area contributed by atoms with Crippen LogP contribution in [0, 0.1) is 23.7 Å². The third-order valence-electron chi connectivity index (χ3n) is 18.2. The van der Waals surface area contributed by atoms with Crippen molar-refractivity contribution in [1.82, 2.24) is 0 Å². The predicted molar refractivity (Wildman–Crippen MR) is 391 cm³/mol. The summed E-state index contributed by atoms with van der Waals surface area (Å²) in [4.78, 5) is 72.7. The molecule has 6 atom stereocenters. The largest absolute Gasteiger partial charge is 0.472 e. The monoisotopic (exact) mass is 1410 g/mol. The molecule has 0 aliphatic heterocycles. The fraction of sp³-hybridized carbons (Fsp3) is 0.948. The van der Waals surface area contributed by atoms with Gasteiger partial charge in [0.15, 0.2) is 12.2 Å². The number of phosphoric acid groups is 2. The van der Waals surface area contributed by atoms with Crippen LogP contribution in [0.5, 0.6) is 0 Å². The Morgan fingerprint density at radius 1 is 0.292 bits per heavy atom. The summed E-state index contributed by atoms with van der Waals surface area (Å²) in [5.41, 5.74) is 0. The first-order valence-electron chi connectivity index (χ1n) is 39.7. The molecule has 17 nitrogen and oxygen atoms in total. The summed E-state index contributed by atoms with van der Waals surface area (Å²) in [7, 11) is -9.91. The van der Waals surface area contributed by atoms with E-state index in [0.717, 1.165) is 114 Å². The summed E-state index contributed by atoms with van der Waals surface area (Å²) in [5, 5.41) is 10.6. The molecule has 0 fully saturated rings. The second-order valence-electron chi connectivity index (χ2n) is 29.4. The minimum Gasteiger partial charge on any atom is -0.462 e. The lowest BCUT2D eigenvalue weighted by Gasteiger charge is -2.21. The Bertz CT molecular complexity index is 1890. The first kappa shape index (κ1) is 94.1. The third kappa shape index (κ3) is 69.2. The smallest absolute Gasteiger partial charge is 0.462 e. The van der Waals surface area contributed by atoms with Crippen LogP contribution in [0.15, 0.2) is 0 Å². The van der Waals surface area contributed by atoms with E-state index in [0.29, 0.717) is 31.6 Å². The van der Waals surface area contributed by atoms with Gasteiger partial charge in [-0.1, -0.05) is 338 Å². The lowest BCUT2D eigenvalue weighted by molar-refractivity contribution is -0.161. The van der Waals surface area contributed by atoms with Gasteiger partial charge in [-0.25, -0.2) is 9.13 Å². The fourth-order valence-corrected chi connectivity index (χ4v) is 13.3. The van der Waals surface area contributed by atoms with Gasteiger partial charge in [0.25, 0.3) is 0 Å². The number of phosphoric ester groups is 2. The van der Waals surface area contributed by atoms with Gasteiger partial charge in [0, 0.05) is 25.7 Å². The molecule has 0 aliphatic carbocycles. The topological polar surface area (TPSA) is 237 Å². The SMILES string of the molecule is CCC(C)CCCCCCCCCCCCCCCCCCCCC(=O)OC[C@H](COP(=O)(O)OC[C@@H](O)COP(=O)(O)OC[C@@H](COC(=O)CCCCCCCCC(C)C)OC(=O)CCCCCCCCCCC(C)C)OC(=O)CCCCCCCCCCCCCC(C)C. The van der Waals surface area contributed by atoms with Gasteiger partial charge in [-0.15, -0.1) is 0 Å². The van der Waals surface area contributed by atoms with Crippen molar-refractivity contribution in [3.63, 3.8) is 0 Å². The summed E-state index contributed by atoms with van der Waals surface area (Å²) in [6.07, 6.45) is 51.7. The van der Waals surface area contributed by atoms with Crippen molar-refractivity contribution in [2.24, 2.45) is 23.7 Å². The molecule has 0 aromatic carbocycles. The van der Waals surface area contributed by atoms with Crippen LogP contribution in [-0.2, 0) is 65.4 Å². The van der Waals surface area contributed by atoms with Crippen LogP contribution in [0.2, 0.25) is 0 Å². The summed E-state index contributed by atoms with van der Waals surface area (Å²) in [6, 6.07) is 0. The normalized spacial score (nSPS) is 14.4. The zero-order valence-corrected chi connectivity index (χ0v) is 64.8. The Morgan fingerprint density at radius 2 is 0.500 bits per heavy atom. The van der Waals surface area contributed by atoms with Gasteiger partial charge in [-0.3, -0.25) is 37.3 Å². The van der Waals surface area contributed by atoms with Crippen LogP contribution in [0.4, 0.5) is 0 Å². The maximum Gasteiger partial charge on any atom is 0.472 e. The third-order valence-corrected chi connectivity index (χ3v) is 20.1. The fourth-order valence-electron chi connectivity index (χ4n) is 11.7. The highest BCUT2D eigenvalue weighted by molar-refractivity contribution is 7.47. The van der Waals surface area contributed by atoms with Crippen LogP contribution in [0.25, 0.3) is 0 Å². The van der Waals surface area contributed by atoms with Crippen LogP contribution in [0.1, 0.15) is 389 Å². The second-order valence-corrected chi connectivity index (χ2v) is 32.3. The summed E-state index contributed by atoms with van der Waals surface area (Å²) >= 11 is 0. The number of unbranched alkanes of at least 4 members (excludes halogenated alkanes) is 39. The van der Waals surface area contributed by atoms with Gasteiger partial charge in [-0.05, 0) is 49.4 Å². The number of ether oxygens (including phenoxy) is 4. The highest BCUT2D eigenvalue weighted by Gasteiger charge is 2.30. The number of esters is 4. The lowest BCUT2D eigenvalue weighted by Crippen LogP contribution is -2.30. The molecule has 0 radical (unpaired) electrons. The Hall–Kier alpha value is -1.94. The van der Waals surface area contributed by atoms with Gasteiger partial charge in [0.05, 0.1) is 26.4 Å². The maximum absolute atomic E-state index is 13.1. The van der Waals surface area contributed by atoms with Crippen LogP contribution in [-0.4, -0.2) is 96.7 Å². The molecule has 0 amide bonds. The summed E-state index contributed by atoms with van der Waals surface area (Å²) in [6.45, 7) is 14.1. The maximum atomic E-state index is 13.1. The van der Waals surface area contributed by atoms with Gasteiger partial charge < -0.3 is 33.8 Å². The molecule has 3 unspecified atom stereocenters. The van der Waals surface area contributed by atoms with E-state index in [9.17, 15) is 43.2 Å². The molecule has 0 bridgehead atoms. The molecule has 0 aromatic rings. The van der Waals surface area contributed by atoms with E-state index in [4.69, 9.17) is 37.0 Å². The van der Waals surface area contributed by atoms with Crippen molar-refractivity contribution in [3.8, 4) is 0 Å². The average Bonchev–Trinajstić information content (AvgIpc) is 1.09. The Balaban J connectivity index is 5.16. The molecule has 0 rings (SSSR count). The number of aliphatic hydroxyl groups is 1. The van der Waals surface area contributed by atoms with Gasteiger partial charge in [0.1, 0.15) is 19.3 Å². The minimum atomic E-state index is -4.96. The van der Waals surface area contributed by atoms with E-state index >= 15 is 0 Å². The van der Waals surface area contributed by atoms with E-state index in [1.165, 1.54) is 186 Å². The van der Waals surface area contributed by atoms with Gasteiger partial charge in [0.2, 0.25) is 0 Å².